The van der Waals surface area contributed by atoms with E-state index in [9.17, 15) is 4.79 Å². The lowest BCUT2D eigenvalue weighted by Crippen LogP contribution is -2.56. The first kappa shape index (κ1) is 16.7. The Morgan fingerprint density at radius 1 is 1.33 bits per heavy atom. The largest absolute Gasteiger partial charge is 0.468 e. The molecule has 0 aromatic carbocycles. The third kappa shape index (κ3) is 3.41. The van der Waals surface area contributed by atoms with E-state index in [1.54, 1.807) is 0 Å². The summed E-state index contributed by atoms with van der Waals surface area (Å²) in [4.78, 5) is 16.9. The molecular weight excluding hydrogens is 266 g/mol. The highest BCUT2D eigenvalue weighted by molar-refractivity contribution is 5.81. The Balaban J connectivity index is 1.89. The van der Waals surface area contributed by atoms with Gasteiger partial charge in [0.05, 0.1) is 7.11 Å². The average molecular weight is 297 g/mol. The molecule has 0 aromatic rings. The molecule has 4 atom stereocenters. The number of carbonyl (C=O) groups excluding carboxylic acids is 1. The van der Waals surface area contributed by atoms with Gasteiger partial charge in [-0.2, -0.15) is 0 Å². The number of likely N-dealkylation sites (N-methyl/N-ethyl adjacent to an activating group) is 1. The molecule has 122 valence electrons. The molecule has 2 fully saturated rings. The summed E-state index contributed by atoms with van der Waals surface area (Å²) in [6.07, 6.45) is 3.84. The highest BCUT2D eigenvalue weighted by Gasteiger charge is 2.46. The third-order valence-corrected chi connectivity index (χ3v) is 5.67. The predicted molar refractivity (Wildman–Crippen MR) is 84.0 cm³/mol. The van der Waals surface area contributed by atoms with Crippen LogP contribution in [0.2, 0.25) is 0 Å². The second-order valence-electron chi connectivity index (χ2n) is 7.03. The summed E-state index contributed by atoms with van der Waals surface area (Å²) in [5.41, 5.74) is 5.60. The van der Waals surface area contributed by atoms with Gasteiger partial charge in [-0.15, -0.1) is 0 Å². The van der Waals surface area contributed by atoms with Crippen LogP contribution in [0, 0.1) is 5.92 Å². The van der Waals surface area contributed by atoms with Gasteiger partial charge in [0.1, 0.15) is 5.54 Å². The maximum absolute atomic E-state index is 12.0. The molecule has 0 spiro atoms. The molecule has 1 heterocycles. The molecule has 5 heteroatoms. The first-order valence-corrected chi connectivity index (χ1v) is 8.20. The second-order valence-corrected chi connectivity index (χ2v) is 7.03. The van der Waals surface area contributed by atoms with Crippen molar-refractivity contribution in [3.63, 3.8) is 0 Å². The van der Waals surface area contributed by atoms with Crippen molar-refractivity contribution in [1.82, 2.24) is 9.80 Å². The van der Waals surface area contributed by atoms with E-state index in [4.69, 9.17) is 10.5 Å². The fraction of sp³-hybridized carbons (Fsp3) is 0.938. The van der Waals surface area contributed by atoms with E-state index in [0.29, 0.717) is 12.1 Å². The smallest absolute Gasteiger partial charge is 0.326 e. The minimum Gasteiger partial charge on any atom is -0.468 e. The van der Waals surface area contributed by atoms with Crippen LogP contribution in [0.5, 0.6) is 0 Å². The minimum atomic E-state index is -0.751. The van der Waals surface area contributed by atoms with Crippen molar-refractivity contribution in [3.8, 4) is 0 Å². The molecule has 0 bridgehead atoms. The summed E-state index contributed by atoms with van der Waals surface area (Å²) in [7, 11) is 3.64. The van der Waals surface area contributed by atoms with Crippen LogP contribution in [0.3, 0.4) is 0 Å². The fourth-order valence-electron chi connectivity index (χ4n) is 4.00. The number of piperazine rings is 1. The molecule has 1 saturated heterocycles. The van der Waals surface area contributed by atoms with E-state index in [0.717, 1.165) is 45.3 Å². The van der Waals surface area contributed by atoms with Crippen LogP contribution in [0.25, 0.3) is 0 Å². The number of ether oxygens (including phenoxy) is 1. The number of nitrogens with two attached hydrogens (primary N) is 1. The quantitative estimate of drug-likeness (QED) is 0.787. The molecule has 0 aromatic heterocycles. The molecule has 2 aliphatic rings. The van der Waals surface area contributed by atoms with Crippen molar-refractivity contribution in [2.45, 2.75) is 57.2 Å². The van der Waals surface area contributed by atoms with Crippen LogP contribution in [0.15, 0.2) is 0 Å². The first-order chi connectivity index (χ1) is 9.88. The summed E-state index contributed by atoms with van der Waals surface area (Å²) in [6.45, 7) is 7.79. The Labute approximate surface area is 128 Å². The van der Waals surface area contributed by atoms with E-state index in [-0.39, 0.29) is 11.9 Å². The summed E-state index contributed by atoms with van der Waals surface area (Å²) in [6, 6.07) is 1.17. The van der Waals surface area contributed by atoms with Gasteiger partial charge in [0.15, 0.2) is 0 Å². The van der Waals surface area contributed by atoms with E-state index in [2.05, 4.69) is 30.7 Å². The monoisotopic (exact) mass is 297 g/mol. The zero-order chi connectivity index (χ0) is 15.6. The van der Waals surface area contributed by atoms with E-state index in [1.165, 1.54) is 7.11 Å². The molecule has 2 rings (SSSR count). The molecule has 1 saturated carbocycles. The number of hydrogen-bond acceptors (Lipinski definition) is 5. The number of esters is 1. The lowest BCUT2D eigenvalue weighted by atomic mass is 9.85. The van der Waals surface area contributed by atoms with Gasteiger partial charge in [0.25, 0.3) is 0 Å². The molecule has 5 nitrogen and oxygen atoms in total. The number of nitrogens with zero attached hydrogens (tertiary/aromatic N) is 2. The second kappa shape index (κ2) is 6.63. The molecular formula is C16H31N3O2. The number of carbonyl (C=O) groups is 1. The molecule has 0 radical (unpaired) electrons. The maximum atomic E-state index is 12.0. The van der Waals surface area contributed by atoms with Gasteiger partial charge >= 0.3 is 5.97 Å². The third-order valence-electron chi connectivity index (χ3n) is 5.67. The molecule has 1 aliphatic carbocycles. The molecule has 2 N–H and O–H groups in total. The zero-order valence-electron chi connectivity index (χ0n) is 14.0. The Morgan fingerprint density at radius 3 is 2.52 bits per heavy atom. The highest BCUT2D eigenvalue weighted by atomic mass is 16.5. The minimum absolute atomic E-state index is 0.231. The van der Waals surface area contributed by atoms with Crippen LogP contribution >= 0.6 is 0 Å². The maximum Gasteiger partial charge on any atom is 0.326 e. The summed E-state index contributed by atoms with van der Waals surface area (Å²) in [5.74, 6) is 0.0281. The van der Waals surface area contributed by atoms with Gasteiger partial charge in [0, 0.05) is 25.2 Å². The molecule has 0 amide bonds. The number of rotatable bonds is 4. The predicted octanol–water partition coefficient (Wildman–Crippen LogP) is 1.07. The average Bonchev–Trinajstić information content (AvgIpc) is 2.83. The summed E-state index contributed by atoms with van der Waals surface area (Å²) >= 11 is 0. The van der Waals surface area contributed by atoms with Gasteiger partial charge in [-0.1, -0.05) is 6.42 Å². The number of hydrogen-bond donors (Lipinski definition) is 1. The Kier molecular flexibility index (Phi) is 5.28. The van der Waals surface area contributed by atoms with Crippen LogP contribution in [0.4, 0.5) is 0 Å². The Bertz CT molecular complexity index is 365. The lowest BCUT2D eigenvalue weighted by molar-refractivity contribution is -0.148. The van der Waals surface area contributed by atoms with Crippen LogP contribution in [-0.4, -0.2) is 67.2 Å². The standard InChI is InChI=1S/C16H31N3O2/c1-12-10-19(11-13(2)18(12)3)9-7-14-6-5-8-16(14,17)15(20)21-4/h12-14H,5-11,17H2,1-4H3. The Hall–Kier alpha value is -0.650. The van der Waals surface area contributed by atoms with Crippen molar-refractivity contribution >= 4 is 5.97 Å². The first-order valence-electron chi connectivity index (χ1n) is 8.20. The fourth-order valence-corrected chi connectivity index (χ4v) is 4.00. The molecule has 21 heavy (non-hydrogen) atoms. The topological polar surface area (TPSA) is 58.8 Å². The van der Waals surface area contributed by atoms with E-state index >= 15 is 0 Å². The van der Waals surface area contributed by atoms with Crippen LogP contribution in [-0.2, 0) is 9.53 Å². The SMILES string of the molecule is COC(=O)C1(N)CCCC1CCN1CC(C)N(C)C(C)C1. The Morgan fingerprint density at radius 2 is 1.95 bits per heavy atom. The van der Waals surface area contributed by atoms with Crippen molar-refractivity contribution in [3.05, 3.63) is 0 Å². The summed E-state index contributed by atoms with van der Waals surface area (Å²) in [5, 5.41) is 0. The molecule has 1 aliphatic heterocycles. The number of methoxy groups -OCH3 is 1. The van der Waals surface area contributed by atoms with Crippen molar-refractivity contribution in [2.24, 2.45) is 11.7 Å². The van der Waals surface area contributed by atoms with Crippen molar-refractivity contribution in [1.29, 1.82) is 0 Å². The van der Waals surface area contributed by atoms with Gasteiger partial charge in [0.2, 0.25) is 0 Å². The van der Waals surface area contributed by atoms with Gasteiger partial charge in [-0.3, -0.25) is 9.69 Å². The summed E-state index contributed by atoms with van der Waals surface area (Å²) < 4.78 is 4.92. The van der Waals surface area contributed by atoms with Crippen molar-refractivity contribution in [2.75, 3.05) is 33.8 Å². The van der Waals surface area contributed by atoms with Crippen LogP contribution in [0.1, 0.15) is 39.5 Å². The lowest BCUT2D eigenvalue weighted by Gasteiger charge is -2.43. The zero-order valence-corrected chi connectivity index (χ0v) is 14.0. The van der Waals surface area contributed by atoms with E-state index in [1.807, 2.05) is 0 Å². The van der Waals surface area contributed by atoms with E-state index < -0.39 is 5.54 Å². The van der Waals surface area contributed by atoms with Gasteiger partial charge in [-0.05, 0) is 52.6 Å². The highest BCUT2D eigenvalue weighted by Crippen LogP contribution is 2.37. The van der Waals surface area contributed by atoms with Gasteiger partial charge in [-0.25, -0.2) is 0 Å². The van der Waals surface area contributed by atoms with Crippen molar-refractivity contribution < 1.29 is 9.53 Å². The van der Waals surface area contributed by atoms with Gasteiger partial charge < -0.3 is 15.4 Å². The van der Waals surface area contributed by atoms with Crippen LogP contribution < -0.4 is 5.73 Å². The normalized spacial score (nSPS) is 38.6. The molecule has 4 unspecified atom stereocenters.